The third kappa shape index (κ3) is 2.77. The van der Waals surface area contributed by atoms with E-state index in [-0.39, 0.29) is 0 Å². The molecule has 1 N–H and O–H groups in total. The van der Waals surface area contributed by atoms with Gasteiger partial charge in [0.2, 0.25) is 0 Å². The van der Waals surface area contributed by atoms with E-state index >= 15 is 0 Å². The van der Waals surface area contributed by atoms with Gasteiger partial charge in [-0.2, -0.15) is 0 Å². The zero-order valence-electron chi connectivity index (χ0n) is 10.4. The predicted octanol–water partition coefficient (Wildman–Crippen LogP) is 3.53. The average molecular weight is 279 g/mol. The normalized spacial score (nSPS) is 15.1. The number of furan rings is 1. The summed E-state index contributed by atoms with van der Waals surface area (Å²) in [5.41, 5.74) is 2.47. The fraction of sp³-hybridized carbons (Fsp3) is 0.333. The number of aliphatic hydroxyl groups excluding tert-OH is 1. The second-order valence-electron chi connectivity index (χ2n) is 4.74. The van der Waals surface area contributed by atoms with Gasteiger partial charge in [0.15, 0.2) is 5.22 Å². The molecule has 0 saturated carbocycles. The molecular formula is C15H15ClO3. The maximum Gasteiger partial charge on any atom is 0.193 e. The van der Waals surface area contributed by atoms with E-state index in [1.807, 2.05) is 12.1 Å². The van der Waals surface area contributed by atoms with Crippen LogP contribution in [0.15, 0.2) is 34.7 Å². The molecule has 1 atom stereocenters. The lowest BCUT2D eigenvalue weighted by Crippen LogP contribution is -1.98. The molecule has 0 fully saturated rings. The van der Waals surface area contributed by atoms with Gasteiger partial charge in [-0.3, -0.25) is 0 Å². The van der Waals surface area contributed by atoms with E-state index in [1.165, 1.54) is 11.1 Å². The Hall–Kier alpha value is -1.45. The minimum Gasteiger partial charge on any atom is -0.493 e. The van der Waals surface area contributed by atoms with Gasteiger partial charge in [0.1, 0.15) is 17.6 Å². The summed E-state index contributed by atoms with van der Waals surface area (Å²) in [6, 6.07) is 9.57. The van der Waals surface area contributed by atoms with E-state index in [2.05, 4.69) is 6.07 Å². The molecule has 3 rings (SSSR count). The summed E-state index contributed by atoms with van der Waals surface area (Å²) in [5, 5.41) is 10.3. The summed E-state index contributed by atoms with van der Waals surface area (Å²) in [4.78, 5) is 0. The molecule has 100 valence electrons. The van der Waals surface area contributed by atoms with Crippen molar-refractivity contribution in [2.24, 2.45) is 0 Å². The SMILES string of the molecule is OC(CCc1ccc2c(c1)CCO2)c1ccc(Cl)o1. The second-order valence-corrected chi connectivity index (χ2v) is 5.11. The van der Waals surface area contributed by atoms with Gasteiger partial charge in [0.25, 0.3) is 0 Å². The van der Waals surface area contributed by atoms with Crippen LogP contribution in [0.2, 0.25) is 5.22 Å². The van der Waals surface area contributed by atoms with Gasteiger partial charge < -0.3 is 14.3 Å². The summed E-state index contributed by atoms with van der Waals surface area (Å²) < 4.78 is 10.7. The zero-order chi connectivity index (χ0) is 13.2. The molecule has 2 heterocycles. The first-order valence-electron chi connectivity index (χ1n) is 6.40. The van der Waals surface area contributed by atoms with Crippen molar-refractivity contribution in [1.29, 1.82) is 0 Å². The lowest BCUT2D eigenvalue weighted by molar-refractivity contribution is 0.140. The Morgan fingerprint density at radius 1 is 1.26 bits per heavy atom. The maximum atomic E-state index is 10.0. The van der Waals surface area contributed by atoms with Gasteiger partial charge in [-0.15, -0.1) is 0 Å². The van der Waals surface area contributed by atoms with Gasteiger partial charge in [-0.1, -0.05) is 12.1 Å². The molecule has 0 saturated heterocycles. The Labute approximate surface area is 116 Å². The third-order valence-electron chi connectivity index (χ3n) is 3.38. The quantitative estimate of drug-likeness (QED) is 0.930. The molecule has 19 heavy (non-hydrogen) atoms. The number of ether oxygens (including phenoxy) is 1. The standard InChI is InChI=1S/C15H15ClO3/c16-15-6-5-14(19-15)12(17)3-1-10-2-4-13-11(9-10)7-8-18-13/h2,4-6,9,12,17H,1,3,7-8H2. The first-order chi connectivity index (χ1) is 9.22. The van der Waals surface area contributed by atoms with Crippen molar-refractivity contribution in [3.8, 4) is 5.75 Å². The highest BCUT2D eigenvalue weighted by atomic mass is 35.5. The van der Waals surface area contributed by atoms with Gasteiger partial charge in [0, 0.05) is 6.42 Å². The number of hydrogen-bond donors (Lipinski definition) is 1. The summed E-state index contributed by atoms with van der Waals surface area (Å²) >= 11 is 5.69. The Morgan fingerprint density at radius 3 is 2.95 bits per heavy atom. The molecule has 1 aromatic carbocycles. The van der Waals surface area contributed by atoms with Crippen molar-refractivity contribution in [2.75, 3.05) is 6.61 Å². The van der Waals surface area contributed by atoms with E-state index in [0.717, 1.165) is 25.2 Å². The number of hydrogen-bond acceptors (Lipinski definition) is 3. The largest absolute Gasteiger partial charge is 0.493 e. The van der Waals surface area contributed by atoms with Gasteiger partial charge >= 0.3 is 0 Å². The topological polar surface area (TPSA) is 42.6 Å². The summed E-state index contributed by atoms with van der Waals surface area (Å²) in [5.74, 6) is 1.51. The molecule has 0 spiro atoms. The minimum atomic E-state index is -0.614. The molecule has 0 bridgehead atoms. The monoisotopic (exact) mass is 278 g/mol. The van der Waals surface area contributed by atoms with E-state index in [1.54, 1.807) is 12.1 Å². The minimum absolute atomic E-state index is 0.309. The summed E-state index contributed by atoms with van der Waals surface area (Å²) in [7, 11) is 0. The molecule has 0 amide bonds. The molecule has 1 aromatic heterocycles. The average Bonchev–Trinajstić information content (AvgIpc) is 3.03. The third-order valence-corrected chi connectivity index (χ3v) is 3.59. The van der Waals surface area contributed by atoms with E-state index in [4.69, 9.17) is 20.8 Å². The highest BCUT2D eigenvalue weighted by molar-refractivity contribution is 6.28. The Kier molecular flexibility index (Phi) is 3.49. The fourth-order valence-electron chi connectivity index (χ4n) is 2.35. The highest BCUT2D eigenvalue weighted by Gasteiger charge is 2.14. The van der Waals surface area contributed by atoms with Crippen LogP contribution < -0.4 is 4.74 Å². The number of aryl methyl sites for hydroxylation is 1. The molecule has 4 heteroatoms. The van der Waals surface area contributed by atoms with Crippen LogP contribution in [0.5, 0.6) is 5.75 Å². The van der Waals surface area contributed by atoms with Crippen molar-refractivity contribution in [3.63, 3.8) is 0 Å². The lowest BCUT2D eigenvalue weighted by atomic mass is 10.0. The molecule has 0 radical (unpaired) electrons. The van der Waals surface area contributed by atoms with Crippen molar-refractivity contribution in [3.05, 3.63) is 52.4 Å². The Morgan fingerprint density at radius 2 is 2.16 bits per heavy atom. The van der Waals surface area contributed by atoms with Crippen molar-refractivity contribution >= 4 is 11.6 Å². The Bertz CT molecular complexity index is 577. The smallest absolute Gasteiger partial charge is 0.193 e. The van der Waals surface area contributed by atoms with Crippen LogP contribution >= 0.6 is 11.6 Å². The van der Waals surface area contributed by atoms with Crippen LogP contribution in [0.25, 0.3) is 0 Å². The molecule has 1 aliphatic rings. The first-order valence-corrected chi connectivity index (χ1v) is 6.78. The molecule has 0 aliphatic carbocycles. The van der Waals surface area contributed by atoms with Gasteiger partial charge in [-0.25, -0.2) is 0 Å². The van der Waals surface area contributed by atoms with Crippen LogP contribution in [-0.2, 0) is 12.8 Å². The van der Waals surface area contributed by atoms with E-state index in [0.29, 0.717) is 17.4 Å². The zero-order valence-corrected chi connectivity index (χ0v) is 11.2. The number of fused-ring (bicyclic) bond motifs is 1. The molecule has 1 aliphatic heterocycles. The van der Waals surface area contributed by atoms with Crippen LogP contribution in [0.3, 0.4) is 0 Å². The number of rotatable bonds is 4. The predicted molar refractivity (Wildman–Crippen MR) is 72.6 cm³/mol. The number of halogens is 1. The number of benzene rings is 1. The fourth-order valence-corrected chi connectivity index (χ4v) is 2.50. The molecule has 3 nitrogen and oxygen atoms in total. The summed E-state index contributed by atoms with van der Waals surface area (Å²) in [6.45, 7) is 0.770. The van der Waals surface area contributed by atoms with Crippen LogP contribution in [0.4, 0.5) is 0 Å². The second kappa shape index (κ2) is 5.27. The molecular weight excluding hydrogens is 264 g/mol. The Balaban J connectivity index is 1.63. The number of aliphatic hydroxyl groups is 1. The molecule has 2 aromatic rings. The van der Waals surface area contributed by atoms with Gasteiger partial charge in [0.05, 0.1) is 6.61 Å². The van der Waals surface area contributed by atoms with E-state index in [9.17, 15) is 5.11 Å². The molecule has 1 unspecified atom stereocenters. The van der Waals surface area contributed by atoms with Crippen LogP contribution in [-0.4, -0.2) is 11.7 Å². The van der Waals surface area contributed by atoms with Crippen molar-refractivity contribution in [2.45, 2.75) is 25.4 Å². The maximum absolute atomic E-state index is 10.0. The van der Waals surface area contributed by atoms with E-state index < -0.39 is 6.10 Å². The lowest BCUT2D eigenvalue weighted by Gasteiger charge is -2.08. The van der Waals surface area contributed by atoms with Crippen molar-refractivity contribution < 1.29 is 14.3 Å². The van der Waals surface area contributed by atoms with Crippen LogP contribution in [0.1, 0.15) is 29.4 Å². The summed E-state index contributed by atoms with van der Waals surface area (Å²) in [6.07, 6.45) is 1.77. The highest BCUT2D eigenvalue weighted by Crippen LogP contribution is 2.28. The van der Waals surface area contributed by atoms with Crippen molar-refractivity contribution in [1.82, 2.24) is 0 Å². The van der Waals surface area contributed by atoms with Gasteiger partial charge in [-0.05, 0) is 53.8 Å². The first kappa shape index (κ1) is 12.6. The van der Waals surface area contributed by atoms with Crippen LogP contribution in [0, 0.1) is 0 Å².